The first-order valence-corrected chi connectivity index (χ1v) is 11.9. The number of carbonyl (C=O) groups excluding carboxylic acids is 1. The van der Waals surface area contributed by atoms with E-state index in [0.29, 0.717) is 39.7 Å². The predicted molar refractivity (Wildman–Crippen MR) is 131 cm³/mol. The van der Waals surface area contributed by atoms with Gasteiger partial charge in [0.05, 0.1) is 14.2 Å². The molecule has 9 nitrogen and oxygen atoms in total. The Labute approximate surface area is 205 Å². The molecule has 1 amide bonds. The van der Waals surface area contributed by atoms with Crippen LogP contribution in [0.3, 0.4) is 0 Å². The van der Waals surface area contributed by atoms with Crippen LogP contribution in [0.25, 0.3) is 6.08 Å². The Bertz CT molecular complexity index is 1170. The number of hydrogen-bond acceptors (Lipinski definition) is 10. The van der Waals surface area contributed by atoms with Crippen molar-refractivity contribution in [2.24, 2.45) is 0 Å². The molecule has 0 radical (unpaired) electrons. The molecule has 3 rings (SSSR count). The number of methoxy groups -OCH3 is 2. The average Bonchev–Trinajstić information content (AvgIpc) is 3.33. The quantitative estimate of drug-likeness (QED) is 0.179. The van der Waals surface area contributed by atoms with Gasteiger partial charge in [-0.25, -0.2) is 0 Å². The van der Waals surface area contributed by atoms with Crippen LogP contribution in [-0.4, -0.2) is 49.0 Å². The number of amides is 1. The summed E-state index contributed by atoms with van der Waals surface area (Å²) in [5.74, 6) is 1.31. The number of anilines is 1. The van der Waals surface area contributed by atoms with E-state index in [1.807, 2.05) is 42.7 Å². The summed E-state index contributed by atoms with van der Waals surface area (Å²) >= 11 is 2.40. The van der Waals surface area contributed by atoms with Crippen molar-refractivity contribution in [1.82, 2.24) is 9.36 Å². The van der Waals surface area contributed by atoms with E-state index in [1.54, 1.807) is 12.1 Å². The van der Waals surface area contributed by atoms with Crippen LogP contribution in [0.15, 0.2) is 53.2 Å². The van der Waals surface area contributed by atoms with Crippen LogP contribution >= 0.6 is 23.3 Å². The van der Waals surface area contributed by atoms with Gasteiger partial charge in [-0.3, -0.25) is 10.1 Å². The zero-order chi connectivity index (χ0) is 24.3. The van der Waals surface area contributed by atoms with Gasteiger partial charge in [0.15, 0.2) is 11.5 Å². The summed E-state index contributed by atoms with van der Waals surface area (Å²) in [7, 11) is 2.98. The highest BCUT2D eigenvalue weighted by Crippen LogP contribution is 2.39. The fourth-order valence-electron chi connectivity index (χ4n) is 2.77. The monoisotopic (exact) mass is 498 g/mol. The Kier molecular flexibility index (Phi) is 9.13. The van der Waals surface area contributed by atoms with Crippen LogP contribution in [0, 0.1) is 11.3 Å². The molecule has 1 aromatic heterocycles. The highest BCUT2D eigenvalue weighted by Gasteiger charge is 2.17. The lowest BCUT2D eigenvalue weighted by Gasteiger charge is -2.16. The molecule has 34 heavy (non-hydrogen) atoms. The van der Waals surface area contributed by atoms with Crippen LogP contribution in [0.2, 0.25) is 0 Å². The van der Waals surface area contributed by atoms with Crippen LogP contribution in [0.5, 0.6) is 23.0 Å². The number of carbonyl (C=O) groups is 1. The molecule has 176 valence electrons. The van der Waals surface area contributed by atoms with Crippen LogP contribution in [0.4, 0.5) is 5.13 Å². The third kappa shape index (κ3) is 6.63. The minimum atomic E-state index is -0.595. The highest BCUT2D eigenvalue weighted by atomic mass is 32.2. The second-order valence-corrected chi connectivity index (χ2v) is 8.00. The third-order valence-corrected chi connectivity index (χ3v) is 5.60. The predicted octanol–water partition coefficient (Wildman–Crippen LogP) is 4.28. The molecule has 0 aliphatic heterocycles. The molecule has 0 spiro atoms. The van der Waals surface area contributed by atoms with Crippen molar-refractivity contribution in [3.63, 3.8) is 0 Å². The third-order valence-electron chi connectivity index (χ3n) is 4.31. The van der Waals surface area contributed by atoms with E-state index < -0.39 is 5.91 Å². The van der Waals surface area contributed by atoms with Crippen molar-refractivity contribution >= 4 is 40.4 Å². The smallest absolute Gasteiger partial charge is 0.268 e. The van der Waals surface area contributed by atoms with Gasteiger partial charge in [0, 0.05) is 11.5 Å². The Morgan fingerprint density at radius 3 is 2.41 bits per heavy atom. The van der Waals surface area contributed by atoms with E-state index in [0.717, 1.165) is 17.3 Å². The number of benzene rings is 2. The standard InChI is InChI=1S/C23H22N4O5S2/c1-29-18-12-15(11-16(14-24)21(28)25-22-26-23(33-3)27-34-22)13-19(30-2)20(18)32-10-9-31-17-7-5-4-6-8-17/h4-8,11-13H,9-10H2,1-3H3,(H,25,26,27,28). The zero-order valence-electron chi connectivity index (χ0n) is 18.7. The number of nitriles is 1. The second-order valence-electron chi connectivity index (χ2n) is 6.47. The van der Waals surface area contributed by atoms with Crippen molar-refractivity contribution in [2.45, 2.75) is 5.16 Å². The highest BCUT2D eigenvalue weighted by molar-refractivity contribution is 7.98. The molecule has 0 saturated heterocycles. The first-order chi connectivity index (χ1) is 16.6. The maximum absolute atomic E-state index is 12.5. The second kappa shape index (κ2) is 12.5. The number of nitrogens with one attached hydrogen (secondary N) is 1. The Balaban J connectivity index is 1.73. The normalized spacial score (nSPS) is 10.8. The van der Waals surface area contributed by atoms with E-state index in [-0.39, 0.29) is 12.2 Å². The summed E-state index contributed by atoms with van der Waals surface area (Å²) in [6.07, 6.45) is 3.26. The van der Waals surface area contributed by atoms with Gasteiger partial charge in [0.25, 0.3) is 5.91 Å². The SMILES string of the molecule is COc1cc(C=C(C#N)C(=O)Nc2nc(SC)ns2)cc(OC)c1OCCOc1ccccc1. The maximum Gasteiger partial charge on any atom is 0.268 e. The van der Waals surface area contributed by atoms with E-state index in [4.69, 9.17) is 18.9 Å². The van der Waals surface area contributed by atoms with Crippen molar-refractivity contribution in [3.05, 3.63) is 53.6 Å². The summed E-state index contributed by atoms with van der Waals surface area (Å²) in [6, 6.07) is 14.6. The van der Waals surface area contributed by atoms with Crippen molar-refractivity contribution in [1.29, 1.82) is 5.26 Å². The molecule has 0 aliphatic carbocycles. The Morgan fingerprint density at radius 2 is 1.82 bits per heavy atom. The van der Waals surface area contributed by atoms with E-state index in [2.05, 4.69) is 14.7 Å². The molecule has 1 N–H and O–H groups in total. The lowest BCUT2D eigenvalue weighted by atomic mass is 10.1. The first-order valence-electron chi connectivity index (χ1n) is 9.95. The van der Waals surface area contributed by atoms with E-state index >= 15 is 0 Å². The number of aromatic nitrogens is 2. The Morgan fingerprint density at radius 1 is 1.15 bits per heavy atom. The molecule has 1 heterocycles. The average molecular weight is 499 g/mol. The molecule has 0 atom stereocenters. The number of thioether (sulfide) groups is 1. The summed E-state index contributed by atoms with van der Waals surface area (Å²) < 4.78 is 26.5. The largest absolute Gasteiger partial charge is 0.493 e. The van der Waals surface area contributed by atoms with Gasteiger partial charge in [-0.2, -0.15) is 14.6 Å². The molecule has 0 saturated carbocycles. The molecule has 2 aromatic carbocycles. The van der Waals surface area contributed by atoms with Crippen molar-refractivity contribution in [3.8, 4) is 29.1 Å². The molecular formula is C23H22N4O5S2. The molecule has 11 heteroatoms. The maximum atomic E-state index is 12.5. The number of hydrogen-bond donors (Lipinski definition) is 1. The molecule has 0 unspecified atom stereocenters. The van der Waals surface area contributed by atoms with Crippen LogP contribution < -0.4 is 24.3 Å². The topological polar surface area (TPSA) is 116 Å². The fraction of sp³-hybridized carbons (Fsp3) is 0.217. The summed E-state index contributed by atoms with van der Waals surface area (Å²) in [4.78, 5) is 16.7. The molecular weight excluding hydrogens is 476 g/mol. The van der Waals surface area contributed by atoms with E-state index in [9.17, 15) is 10.1 Å². The van der Waals surface area contributed by atoms with Gasteiger partial charge in [-0.1, -0.05) is 30.0 Å². The summed E-state index contributed by atoms with van der Waals surface area (Å²) in [6.45, 7) is 0.573. The van der Waals surface area contributed by atoms with Crippen molar-refractivity contribution < 1.29 is 23.7 Å². The van der Waals surface area contributed by atoms with Gasteiger partial charge in [-0.15, -0.1) is 0 Å². The Hall–Kier alpha value is -3.75. The number of ether oxygens (including phenoxy) is 4. The van der Waals surface area contributed by atoms with Gasteiger partial charge < -0.3 is 18.9 Å². The molecule has 0 aliphatic rings. The zero-order valence-corrected chi connectivity index (χ0v) is 20.4. The van der Waals surface area contributed by atoms with Gasteiger partial charge in [0.2, 0.25) is 16.0 Å². The first kappa shape index (κ1) is 24.9. The van der Waals surface area contributed by atoms with Gasteiger partial charge >= 0.3 is 0 Å². The molecule has 0 bridgehead atoms. The number of rotatable bonds is 11. The number of para-hydroxylation sites is 1. The van der Waals surface area contributed by atoms with Gasteiger partial charge in [-0.05, 0) is 42.2 Å². The fourth-order valence-corrected chi connectivity index (χ4v) is 3.89. The van der Waals surface area contributed by atoms with Gasteiger partial charge in [0.1, 0.15) is 30.6 Å². The summed E-state index contributed by atoms with van der Waals surface area (Å²) in [5.41, 5.74) is 0.408. The van der Waals surface area contributed by atoms with Crippen LogP contribution in [0.1, 0.15) is 5.56 Å². The lowest BCUT2D eigenvalue weighted by molar-refractivity contribution is -0.112. The minimum absolute atomic E-state index is 0.116. The van der Waals surface area contributed by atoms with E-state index in [1.165, 1.54) is 32.1 Å². The van der Waals surface area contributed by atoms with Crippen LogP contribution in [-0.2, 0) is 4.79 Å². The molecule has 0 fully saturated rings. The minimum Gasteiger partial charge on any atom is -0.493 e. The van der Waals surface area contributed by atoms with Crippen molar-refractivity contribution in [2.75, 3.05) is 39.0 Å². The number of nitrogens with zero attached hydrogens (tertiary/aromatic N) is 3. The lowest BCUT2D eigenvalue weighted by Crippen LogP contribution is -2.13. The molecule has 3 aromatic rings. The summed E-state index contributed by atoms with van der Waals surface area (Å²) in [5, 5.41) is 13.0.